The molecule has 2 atom stereocenters. The van der Waals surface area contributed by atoms with Crippen molar-refractivity contribution < 1.29 is 0 Å². The van der Waals surface area contributed by atoms with Crippen molar-refractivity contribution in [3.8, 4) is 0 Å². The molecule has 0 nitrogen and oxygen atoms in total. The summed E-state index contributed by atoms with van der Waals surface area (Å²) in [6.07, 6.45) is 16.5. The van der Waals surface area contributed by atoms with Gasteiger partial charge in [0.05, 0.1) is 0 Å². The van der Waals surface area contributed by atoms with E-state index in [0.717, 1.165) is 0 Å². The fraction of sp³-hybridized carbons (Fsp3) is 0.455. The van der Waals surface area contributed by atoms with Gasteiger partial charge in [-0.2, -0.15) is 0 Å². The van der Waals surface area contributed by atoms with Crippen LogP contribution in [-0.2, 0) is 0 Å². The summed E-state index contributed by atoms with van der Waals surface area (Å²) in [5.74, 6) is 1.15. The second-order valence-electron chi connectivity index (χ2n) is 7.73. The van der Waals surface area contributed by atoms with Gasteiger partial charge in [0.15, 0.2) is 0 Å². The number of allylic oxidation sites excluding steroid dienone is 5. The highest BCUT2D eigenvalue weighted by Crippen LogP contribution is 2.53. The zero-order valence-corrected chi connectivity index (χ0v) is 13.8. The molecule has 0 amide bonds. The van der Waals surface area contributed by atoms with E-state index >= 15 is 0 Å². The first-order valence-electron chi connectivity index (χ1n) is 8.85. The van der Waals surface area contributed by atoms with Crippen LogP contribution >= 0.6 is 0 Å². The lowest BCUT2D eigenvalue weighted by molar-refractivity contribution is 0.257. The smallest absolute Gasteiger partial charge is 0.00871 e. The van der Waals surface area contributed by atoms with Crippen molar-refractivity contribution in [3.63, 3.8) is 0 Å². The summed E-state index contributed by atoms with van der Waals surface area (Å²) in [6.45, 7) is 4.94. The molecule has 0 heterocycles. The van der Waals surface area contributed by atoms with Gasteiger partial charge in [-0.3, -0.25) is 0 Å². The summed E-state index contributed by atoms with van der Waals surface area (Å²) >= 11 is 0. The van der Waals surface area contributed by atoms with Gasteiger partial charge in [0.25, 0.3) is 0 Å². The van der Waals surface area contributed by atoms with Crippen molar-refractivity contribution in [2.24, 2.45) is 11.3 Å². The Labute approximate surface area is 134 Å². The van der Waals surface area contributed by atoms with E-state index in [2.05, 4.69) is 62.4 Å². The third kappa shape index (κ3) is 2.12. The monoisotopic (exact) mass is 290 g/mol. The van der Waals surface area contributed by atoms with Crippen molar-refractivity contribution >= 4 is 6.08 Å². The molecular weight excluding hydrogens is 264 g/mol. The number of benzene rings is 1. The lowest BCUT2D eigenvalue weighted by atomic mass is 9.65. The maximum absolute atomic E-state index is 2.50. The predicted molar refractivity (Wildman–Crippen MR) is 94.7 cm³/mol. The SMILES string of the molecule is CC(C)(C1C=CC2=C1CCCCC2)C1C=Cc2ccccc21. The summed E-state index contributed by atoms with van der Waals surface area (Å²) in [5, 5.41) is 0. The first kappa shape index (κ1) is 14.1. The lowest BCUT2D eigenvalue weighted by Crippen LogP contribution is -2.29. The van der Waals surface area contributed by atoms with Gasteiger partial charge in [0.2, 0.25) is 0 Å². The van der Waals surface area contributed by atoms with Crippen LogP contribution in [0.4, 0.5) is 0 Å². The summed E-state index contributed by atoms with van der Waals surface area (Å²) < 4.78 is 0. The van der Waals surface area contributed by atoms with Crippen LogP contribution in [0.3, 0.4) is 0 Å². The van der Waals surface area contributed by atoms with Crippen molar-refractivity contribution in [1.29, 1.82) is 0 Å². The fourth-order valence-electron chi connectivity index (χ4n) is 4.79. The Bertz CT molecular complexity index is 669. The Hall–Kier alpha value is -1.56. The zero-order valence-electron chi connectivity index (χ0n) is 13.8. The summed E-state index contributed by atoms with van der Waals surface area (Å²) in [6, 6.07) is 8.92. The van der Waals surface area contributed by atoms with Crippen molar-refractivity contribution in [2.45, 2.75) is 51.9 Å². The highest BCUT2D eigenvalue weighted by molar-refractivity contribution is 5.63. The number of hydrogen-bond acceptors (Lipinski definition) is 0. The van der Waals surface area contributed by atoms with Gasteiger partial charge in [-0.1, -0.05) is 74.4 Å². The molecule has 3 aliphatic rings. The van der Waals surface area contributed by atoms with Gasteiger partial charge < -0.3 is 0 Å². The molecule has 0 fully saturated rings. The molecule has 4 rings (SSSR count). The van der Waals surface area contributed by atoms with Gasteiger partial charge in [0, 0.05) is 11.8 Å². The second-order valence-corrected chi connectivity index (χ2v) is 7.73. The molecule has 0 radical (unpaired) electrons. The van der Waals surface area contributed by atoms with Gasteiger partial charge in [-0.05, 0) is 47.8 Å². The summed E-state index contributed by atoms with van der Waals surface area (Å²) in [7, 11) is 0. The average molecular weight is 290 g/mol. The van der Waals surface area contributed by atoms with E-state index < -0.39 is 0 Å². The fourth-order valence-corrected chi connectivity index (χ4v) is 4.79. The zero-order chi connectivity index (χ0) is 15.2. The Kier molecular flexibility index (Phi) is 3.36. The van der Waals surface area contributed by atoms with Crippen molar-refractivity contribution in [2.75, 3.05) is 0 Å². The molecule has 0 spiro atoms. The molecule has 22 heavy (non-hydrogen) atoms. The Morgan fingerprint density at radius 3 is 2.55 bits per heavy atom. The third-order valence-corrected chi connectivity index (χ3v) is 6.07. The Morgan fingerprint density at radius 2 is 1.64 bits per heavy atom. The predicted octanol–water partition coefficient (Wildman–Crippen LogP) is 6.27. The van der Waals surface area contributed by atoms with Crippen LogP contribution < -0.4 is 0 Å². The van der Waals surface area contributed by atoms with Crippen LogP contribution in [0.2, 0.25) is 0 Å². The summed E-state index contributed by atoms with van der Waals surface area (Å²) in [5.41, 5.74) is 6.59. The minimum absolute atomic E-state index is 0.251. The van der Waals surface area contributed by atoms with Gasteiger partial charge in [-0.25, -0.2) is 0 Å². The van der Waals surface area contributed by atoms with E-state index in [1.807, 2.05) is 0 Å². The number of hydrogen-bond donors (Lipinski definition) is 0. The minimum atomic E-state index is 0.251. The van der Waals surface area contributed by atoms with Crippen LogP contribution in [0.5, 0.6) is 0 Å². The molecule has 3 aliphatic carbocycles. The van der Waals surface area contributed by atoms with Crippen molar-refractivity contribution in [3.05, 3.63) is 64.8 Å². The molecule has 1 aromatic rings. The van der Waals surface area contributed by atoms with Gasteiger partial charge in [-0.15, -0.1) is 0 Å². The van der Waals surface area contributed by atoms with E-state index in [1.54, 1.807) is 11.1 Å². The van der Waals surface area contributed by atoms with Crippen LogP contribution in [0.25, 0.3) is 6.08 Å². The molecule has 1 aromatic carbocycles. The summed E-state index contributed by atoms with van der Waals surface area (Å²) in [4.78, 5) is 0. The average Bonchev–Trinajstić information content (AvgIpc) is 3.06. The Morgan fingerprint density at radius 1 is 0.864 bits per heavy atom. The lowest BCUT2D eigenvalue weighted by Gasteiger charge is -2.38. The Balaban J connectivity index is 1.69. The van der Waals surface area contributed by atoms with E-state index in [4.69, 9.17) is 0 Å². The van der Waals surface area contributed by atoms with E-state index in [1.165, 1.54) is 43.2 Å². The molecule has 114 valence electrons. The molecule has 0 bridgehead atoms. The largest absolute Gasteiger partial charge is 0.0765 e. The molecular formula is C22H26. The number of fused-ring (bicyclic) bond motifs is 1. The van der Waals surface area contributed by atoms with Crippen molar-refractivity contribution in [1.82, 2.24) is 0 Å². The van der Waals surface area contributed by atoms with Crippen LogP contribution in [0.1, 0.15) is 63.0 Å². The first-order chi connectivity index (χ1) is 10.7. The topological polar surface area (TPSA) is 0 Å². The highest BCUT2D eigenvalue weighted by Gasteiger charge is 2.41. The molecule has 0 N–H and O–H groups in total. The third-order valence-electron chi connectivity index (χ3n) is 6.07. The number of rotatable bonds is 2. The second kappa shape index (κ2) is 5.26. The molecule has 0 aromatic heterocycles. The molecule has 0 saturated heterocycles. The minimum Gasteiger partial charge on any atom is -0.0765 e. The molecule has 0 aliphatic heterocycles. The standard InChI is InChI=1S/C22H26/c1-22(2,21-15-13-17-9-6-7-11-19(17)21)20-14-12-16-8-4-3-5-10-18(16)20/h6-7,9,11-15,20-21H,3-5,8,10H2,1-2H3. The van der Waals surface area contributed by atoms with Crippen LogP contribution in [-0.4, -0.2) is 0 Å². The first-order valence-corrected chi connectivity index (χ1v) is 8.85. The molecule has 2 unspecified atom stereocenters. The molecule has 0 heteroatoms. The molecule has 0 saturated carbocycles. The maximum atomic E-state index is 2.50. The maximum Gasteiger partial charge on any atom is 0.00871 e. The normalized spacial score (nSPS) is 27.0. The van der Waals surface area contributed by atoms with E-state index in [9.17, 15) is 0 Å². The van der Waals surface area contributed by atoms with Gasteiger partial charge >= 0.3 is 0 Å². The quantitative estimate of drug-likeness (QED) is 0.602. The highest BCUT2D eigenvalue weighted by atomic mass is 14.4. The van der Waals surface area contributed by atoms with Gasteiger partial charge in [0.1, 0.15) is 0 Å². The van der Waals surface area contributed by atoms with Crippen LogP contribution in [0, 0.1) is 11.3 Å². The van der Waals surface area contributed by atoms with E-state index in [-0.39, 0.29) is 5.41 Å². The van der Waals surface area contributed by atoms with Crippen LogP contribution in [0.15, 0.2) is 53.6 Å². The van der Waals surface area contributed by atoms with E-state index in [0.29, 0.717) is 11.8 Å².